The maximum absolute atomic E-state index is 5.89. The van der Waals surface area contributed by atoms with Gasteiger partial charge in [-0.2, -0.15) is 9.97 Å². The smallest absolute Gasteiger partial charge is 0.226 e. The van der Waals surface area contributed by atoms with Crippen LogP contribution in [0.2, 0.25) is 5.28 Å². The number of imidazole rings is 1. The highest BCUT2D eigenvalue weighted by Crippen LogP contribution is 2.22. The molecule has 0 aliphatic heterocycles. The quantitative estimate of drug-likeness (QED) is 0.734. The van der Waals surface area contributed by atoms with Crippen molar-refractivity contribution in [3.05, 3.63) is 35.8 Å². The Kier molecular flexibility index (Phi) is 2.64. The topological polar surface area (TPSA) is 70.8 Å². The van der Waals surface area contributed by atoms with Gasteiger partial charge >= 0.3 is 0 Å². The molecule has 1 N–H and O–H groups in total. The lowest BCUT2D eigenvalue weighted by molar-refractivity contribution is 0.563. The average Bonchev–Trinajstić information content (AvgIpc) is 2.97. The molecule has 7 heteroatoms. The molecule has 0 atom stereocenters. The van der Waals surface area contributed by atoms with E-state index < -0.39 is 0 Å². The predicted octanol–water partition coefficient (Wildman–Crippen LogP) is 2.24. The highest BCUT2D eigenvalue weighted by Gasteiger charge is 2.13. The molecule has 0 amide bonds. The van der Waals surface area contributed by atoms with Crippen LogP contribution in [0.4, 0.5) is 5.82 Å². The van der Waals surface area contributed by atoms with E-state index in [1.54, 1.807) is 18.9 Å². The molecule has 0 bridgehead atoms. The molecule has 0 aliphatic carbocycles. The van der Waals surface area contributed by atoms with Gasteiger partial charge in [-0.1, -0.05) is 0 Å². The van der Waals surface area contributed by atoms with Crippen molar-refractivity contribution in [2.24, 2.45) is 0 Å². The molecule has 0 unspecified atom stereocenters. The summed E-state index contributed by atoms with van der Waals surface area (Å²) in [4.78, 5) is 17.3. The second-order valence-electron chi connectivity index (χ2n) is 3.91. The number of aromatic nitrogens is 4. The van der Waals surface area contributed by atoms with Crippen LogP contribution in [0.15, 0.2) is 29.3 Å². The molecule has 3 rings (SSSR count). The number of halogens is 1. The number of anilines is 1. The van der Waals surface area contributed by atoms with Gasteiger partial charge in [0.2, 0.25) is 5.28 Å². The van der Waals surface area contributed by atoms with E-state index >= 15 is 0 Å². The Bertz CT molecular complexity index is 663. The highest BCUT2D eigenvalue weighted by atomic mass is 35.5. The van der Waals surface area contributed by atoms with Crippen LogP contribution in [0.25, 0.3) is 11.2 Å². The van der Waals surface area contributed by atoms with Crippen LogP contribution in [-0.2, 0) is 6.54 Å². The Labute approximate surface area is 108 Å². The molecule has 3 aromatic rings. The van der Waals surface area contributed by atoms with Gasteiger partial charge in [-0.3, -0.25) is 0 Å². The van der Waals surface area contributed by atoms with Gasteiger partial charge in [0.15, 0.2) is 11.5 Å². The first kappa shape index (κ1) is 11.0. The molecule has 92 valence electrons. The summed E-state index contributed by atoms with van der Waals surface area (Å²) >= 11 is 5.89. The van der Waals surface area contributed by atoms with Crippen LogP contribution in [0.3, 0.4) is 0 Å². The van der Waals surface area contributed by atoms with Crippen molar-refractivity contribution in [3.63, 3.8) is 0 Å². The van der Waals surface area contributed by atoms with Crippen molar-refractivity contribution in [1.29, 1.82) is 0 Å². The summed E-state index contributed by atoms with van der Waals surface area (Å²) in [5.41, 5.74) is 2.38. The Morgan fingerprint density at radius 1 is 1.44 bits per heavy atom. The molecule has 6 nitrogen and oxygen atoms in total. The van der Waals surface area contributed by atoms with Gasteiger partial charge in [0, 0.05) is 19.2 Å². The van der Waals surface area contributed by atoms with E-state index in [2.05, 4.69) is 19.9 Å². The molecule has 0 radical (unpaired) electrons. The van der Waals surface area contributed by atoms with Gasteiger partial charge in [-0.25, -0.2) is 4.98 Å². The van der Waals surface area contributed by atoms with Gasteiger partial charge in [0.05, 0.1) is 18.9 Å². The normalized spacial score (nSPS) is 11.0. The third-order valence-electron chi connectivity index (χ3n) is 2.60. The second-order valence-corrected chi connectivity index (χ2v) is 4.24. The molecule has 3 aromatic heterocycles. The van der Waals surface area contributed by atoms with Crippen molar-refractivity contribution in [2.75, 3.05) is 11.9 Å². The van der Waals surface area contributed by atoms with Crippen LogP contribution in [0.1, 0.15) is 5.56 Å². The maximum Gasteiger partial charge on any atom is 0.226 e. The van der Waals surface area contributed by atoms with Crippen molar-refractivity contribution < 1.29 is 4.42 Å². The summed E-state index contributed by atoms with van der Waals surface area (Å²) in [5.74, 6) is 0.712. The highest BCUT2D eigenvalue weighted by molar-refractivity contribution is 6.28. The Morgan fingerprint density at radius 2 is 2.33 bits per heavy atom. The lowest BCUT2D eigenvalue weighted by Gasteiger charge is -2.17. The average molecular weight is 264 g/mol. The number of fused-ring (bicyclic) bond motifs is 1. The first-order chi connectivity index (χ1) is 8.74. The SMILES string of the molecule is CN(Cc1ccoc1)c1nc(Cl)nc2nc[nH]c12. The fraction of sp³-hybridized carbons (Fsp3) is 0.182. The zero-order chi connectivity index (χ0) is 12.5. The van der Waals surface area contributed by atoms with Gasteiger partial charge in [0.25, 0.3) is 0 Å². The molecule has 0 spiro atoms. The van der Waals surface area contributed by atoms with Gasteiger partial charge in [-0.05, 0) is 17.7 Å². The van der Waals surface area contributed by atoms with E-state index in [1.165, 1.54) is 0 Å². The van der Waals surface area contributed by atoms with E-state index in [1.807, 2.05) is 18.0 Å². The summed E-state index contributed by atoms with van der Waals surface area (Å²) in [7, 11) is 1.92. The molecule has 18 heavy (non-hydrogen) atoms. The predicted molar refractivity (Wildman–Crippen MR) is 67.5 cm³/mol. The first-order valence-corrected chi connectivity index (χ1v) is 5.70. The third kappa shape index (κ3) is 1.91. The second kappa shape index (κ2) is 4.30. The van der Waals surface area contributed by atoms with Crippen LogP contribution >= 0.6 is 11.6 Å². The summed E-state index contributed by atoms with van der Waals surface area (Å²) in [6, 6.07) is 1.91. The number of rotatable bonds is 3. The van der Waals surface area contributed by atoms with E-state index in [9.17, 15) is 0 Å². The molecular formula is C11H10ClN5O. The van der Waals surface area contributed by atoms with Gasteiger partial charge in [0.1, 0.15) is 5.52 Å². The Balaban J connectivity index is 2.00. The van der Waals surface area contributed by atoms with E-state index in [0.29, 0.717) is 18.0 Å². The largest absolute Gasteiger partial charge is 0.472 e. The zero-order valence-corrected chi connectivity index (χ0v) is 10.3. The lowest BCUT2D eigenvalue weighted by Crippen LogP contribution is -2.18. The molecule has 0 aliphatic rings. The van der Waals surface area contributed by atoms with E-state index in [0.717, 1.165) is 11.1 Å². The zero-order valence-electron chi connectivity index (χ0n) is 9.59. The van der Waals surface area contributed by atoms with Crippen LogP contribution in [0.5, 0.6) is 0 Å². The summed E-state index contributed by atoms with van der Waals surface area (Å²) in [5, 5.41) is 0.184. The number of nitrogens with zero attached hydrogens (tertiary/aromatic N) is 4. The minimum absolute atomic E-state index is 0.184. The fourth-order valence-corrected chi connectivity index (χ4v) is 1.96. The standard InChI is InChI=1S/C11H10ClN5O/c1-17(4-7-2-3-18-5-7)10-8-9(14-6-13-8)15-11(12)16-10/h2-3,5-6H,4H2,1H3,(H,13,14,15,16). The minimum Gasteiger partial charge on any atom is -0.472 e. The molecule has 3 heterocycles. The number of H-pyrrole nitrogens is 1. The van der Waals surface area contributed by atoms with E-state index in [4.69, 9.17) is 16.0 Å². The molecule has 0 aromatic carbocycles. The lowest BCUT2D eigenvalue weighted by atomic mass is 10.3. The van der Waals surface area contributed by atoms with Crippen LogP contribution in [-0.4, -0.2) is 27.0 Å². The number of aromatic amines is 1. The number of hydrogen-bond acceptors (Lipinski definition) is 5. The van der Waals surface area contributed by atoms with Crippen LogP contribution in [0, 0.1) is 0 Å². The van der Waals surface area contributed by atoms with Crippen molar-refractivity contribution in [2.45, 2.75) is 6.54 Å². The van der Waals surface area contributed by atoms with Crippen molar-refractivity contribution >= 4 is 28.6 Å². The fourth-order valence-electron chi connectivity index (χ4n) is 1.80. The van der Waals surface area contributed by atoms with Crippen LogP contribution < -0.4 is 4.90 Å². The molecule has 0 fully saturated rings. The Morgan fingerprint density at radius 3 is 3.11 bits per heavy atom. The number of nitrogens with one attached hydrogen (secondary N) is 1. The van der Waals surface area contributed by atoms with Crippen molar-refractivity contribution in [1.82, 2.24) is 19.9 Å². The molecular weight excluding hydrogens is 254 g/mol. The maximum atomic E-state index is 5.89. The Hall–Kier alpha value is -2.08. The number of furan rings is 1. The van der Waals surface area contributed by atoms with E-state index in [-0.39, 0.29) is 5.28 Å². The summed E-state index contributed by atoms with van der Waals surface area (Å²) in [6.07, 6.45) is 4.91. The molecule has 0 saturated heterocycles. The third-order valence-corrected chi connectivity index (χ3v) is 2.77. The van der Waals surface area contributed by atoms with Gasteiger partial charge < -0.3 is 14.3 Å². The first-order valence-electron chi connectivity index (χ1n) is 5.33. The van der Waals surface area contributed by atoms with Crippen molar-refractivity contribution in [3.8, 4) is 0 Å². The molecule has 0 saturated carbocycles. The number of hydrogen-bond donors (Lipinski definition) is 1. The summed E-state index contributed by atoms with van der Waals surface area (Å²) < 4.78 is 5.04. The summed E-state index contributed by atoms with van der Waals surface area (Å²) in [6.45, 7) is 0.665. The minimum atomic E-state index is 0.184. The monoisotopic (exact) mass is 263 g/mol. The van der Waals surface area contributed by atoms with Gasteiger partial charge in [-0.15, -0.1) is 0 Å².